The third-order valence-electron chi connectivity index (χ3n) is 4.21. The summed E-state index contributed by atoms with van der Waals surface area (Å²) in [5, 5.41) is 3.49. The molecule has 2 aliphatic carbocycles. The highest BCUT2D eigenvalue weighted by molar-refractivity contribution is 5.82. The molecule has 1 N–H and O–H groups in total. The van der Waals surface area contributed by atoms with Crippen molar-refractivity contribution in [2.45, 2.75) is 57.0 Å². The Morgan fingerprint density at radius 2 is 1.86 bits per heavy atom. The molecule has 0 aromatic rings. The SMILES string of the molecule is CCCCOCCOCC(NC1CC1)(C(=O)OC)C1CC1. The molecule has 21 heavy (non-hydrogen) atoms. The first-order valence-corrected chi connectivity index (χ1v) is 8.24. The second-order valence-corrected chi connectivity index (χ2v) is 6.17. The maximum atomic E-state index is 12.3. The van der Waals surface area contributed by atoms with Crippen LogP contribution in [0.25, 0.3) is 0 Å². The Balaban J connectivity index is 1.76. The first-order chi connectivity index (χ1) is 10.2. The van der Waals surface area contributed by atoms with E-state index in [1.165, 1.54) is 7.11 Å². The molecule has 0 amide bonds. The zero-order chi connectivity index (χ0) is 15.1. The average Bonchev–Trinajstić information content (AvgIpc) is 3.37. The third-order valence-corrected chi connectivity index (χ3v) is 4.21. The summed E-state index contributed by atoms with van der Waals surface area (Å²) < 4.78 is 16.3. The molecule has 0 saturated heterocycles. The molecule has 5 nitrogen and oxygen atoms in total. The topological polar surface area (TPSA) is 56.8 Å². The van der Waals surface area contributed by atoms with E-state index in [4.69, 9.17) is 14.2 Å². The third kappa shape index (κ3) is 4.94. The molecule has 0 bridgehead atoms. The summed E-state index contributed by atoms with van der Waals surface area (Å²) in [7, 11) is 1.46. The molecule has 2 fully saturated rings. The van der Waals surface area contributed by atoms with Crippen molar-refractivity contribution in [3.8, 4) is 0 Å². The summed E-state index contributed by atoms with van der Waals surface area (Å²) in [6.45, 7) is 4.43. The van der Waals surface area contributed by atoms with Crippen LogP contribution < -0.4 is 5.32 Å². The highest BCUT2D eigenvalue weighted by atomic mass is 16.5. The molecule has 0 spiro atoms. The quantitative estimate of drug-likeness (QED) is 0.440. The molecule has 0 radical (unpaired) electrons. The summed E-state index contributed by atoms with van der Waals surface area (Å²) in [5.41, 5.74) is -0.640. The Morgan fingerprint density at radius 1 is 1.14 bits per heavy atom. The van der Waals surface area contributed by atoms with Gasteiger partial charge in [-0.1, -0.05) is 13.3 Å². The molecule has 1 atom stereocenters. The monoisotopic (exact) mass is 299 g/mol. The van der Waals surface area contributed by atoms with Crippen molar-refractivity contribution in [3.05, 3.63) is 0 Å². The van der Waals surface area contributed by atoms with Crippen molar-refractivity contribution in [1.29, 1.82) is 0 Å². The zero-order valence-corrected chi connectivity index (χ0v) is 13.4. The fraction of sp³-hybridized carbons (Fsp3) is 0.938. The van der Waals surface area contributed by atoms with Crippen molar-refractivity contribution in [3.63, 3.8) is 0 Å². The first kappa shape index (κ1) is 16.7. The van der Waals surface area contributed by atoms with E-state index >= 15 is 0 Å². The van der Waals surface area contributed by atoms with Crippen LogP contribution in [0, 0.1) is 5.92 Å². The highest BCUT2D eigenvalue weighted by Crippen LogP contribution is 2.42. The Hall–Kier alpha value is -0.650. The predicted molar refractivity (Wildman–Crippen MR) is 80.2 cm³/mol. The Bertz CT molecular complexity index is 328. The number of ether oxygens (including phenoxy) is 3. The van der Waals surface area contributed by atoms with Gasteiger partial charge in [-0.2, -0.15) is 0 Å². The normalized spacial score (nSPS) is 21.0. The minimum atomic E-state index is -0.640. The number of carbonyl (C=O) groups excluding carboxylic acids is 1. The van der Waals surface area contributed by atoms with Gasteiger partial charge >= 0.3 is 5.97 Å². The largest absolute Gasteiger partial charge is 0.468 e. The molecule has 1 unspecified atom stereocenters. The van der Waals surface area contributed by atoms with Crippen LogP contribution in [0.15, 0.2) is 0 Å². The Kier molecular flexibility index (Phi) is 6.45. The zero-order valence-electron chi connectivity index (χ0n) is 13.4. The molecule has 0 aromatic carbocycles. The van der Waals surface area contributed by atoms with Crippen molar-refractivity contribution >= 4 is 5.97 Å². The van der Waals surface area contributed by atoms with E-state index in [0.29, 0.717) is 31.8 Å². The minimum Gasteiger partial charge on any atom is -0.468 e. The number of unbranched alkanes of at least 4 members (excludes halogenated alkanes) is 1. The fourth-order valence-corrected chi connectivity index (χ4v) is 2.61. The van der Waals surface area contributed by atoms with Crippen molar-refractivity contribution in [2.75, 3.05) is 33.5 Å². The molecule has 2 aliphatic rings. The second kappa shape index (κ2) is 8.11. The molecule has 122 valence electrons. The van der Waals surface area contributed by atoms with Gasteiger partial charge < -0.3 is 14.2 Å². The summed E-state index contributed by atoms with van der Waals surface area (Å²) in [6.07, 6.45) is 6.66. The van der Waals surface area contributed by atoms with Crippen LogP contribution in [0.4, 0.5) is 0 Å². The van der Waals surface area contributed by atoms with Crippen molar-refractivity contribution in [1.82, 2.24) is 5.32 Å². The first-order valence-electron chi connectivity index (χ1n) is 8.24. The fourth-order valence-electron chi connectivity index (χ4n) is 2.61. The van der Waals surface area contributed by atoms with Crippen molar-refractivity contribution in [2.24, 2.45) is 5.92 Å². The van der Waals surface area contributed by atoms with Gasteiger partial charge in [-0.15, -0.1) is 0 Å². The van der Waals surface area contributed by atoms with Crippen LogP contribution in [0.3, 0.4) is 0 Å². The van der Waals surface area contributed by atoms with Gasteiger partial charge in [0.2, 0.25) is 0 Å². The van der Waals surface area contributed by atoms with Crippen LogP contribution in [0.1, 0.15) is 45.4 Å². The molecule has 2 rings (SSSR count). The minimum absolute atomic E-state index is 0.177. The number of carbonyl (C=O) groups is 1. The van der Waals surface area contributed by atoms with Crippen molar-refractivity contribution < 1.29 is 19.0 Å². The van der Waals surface area contributed by atoms with E-state index in [0.717, 1.165) is 45.1 Å². The van der Waals surface area contributed by atoms with Crippen LogP contribution in [0.5, 0.6) is 0 Å². The Labute approximate surface area is 127 Å². The molecule has 0 aliphatic heterocycles. The lowest BCUT2D eigenvalue weighted by atomic mass is 9.94. The predicted octanol–water partition coefficient (Wildman–Crippen LogP) is 1.89. The van der Waals surface area contributed by atoms with Gasteiger partial charge in [0.05, 0.1) is 26.9 Å². The van der Waals surface area contributed by atoms with Gasteiger partial charge in [-0.3, -0.25) is 5.32 Å². The maximum absolute atomic E-state index is 12.3. The number of esters is 1. The summed E-state index contributed by atoms with van der Waals surface area (Å²) >= 11 is 0. The van der Waals surface area contributed by atoms with E-state index in [1.54, 1.807) is 0 Å². The highest BCUT2D eigenvalue weighted by Gasteiger charge is 2.54. The molecule has 0 aromatic heterocycles. The number of methoxy groups -OCH3 is 1. The van der Waals surface area contributed by atoms with E-state index in [2.05, 4.69) is 12.2 Å². The van der Waals surface area contributed by atoms with Gasteiger partial charge in [0.15, 0.2) is 0 Å². The maximum Gasteiger partial charge on any atom is 0.328 e. The molecule has 5 heteroatoms. The smallest absolute Gasteiger partial charge is 0.328 e. The van der Waals surface area contributed by atoms with Gasteiger partial charge in [0, 0.05) is 12.6 Å². The standard InChI is InChI=1S/C16H29NO4/c1-3-4-9-20-10-11-21-12-16(13-5-6-13,15(18)19-2)17-14-7-8-14/h13-14,17H,3-12H2,1-2H3. The van der Waals surface area contributed by atoms with Crippen LogP contribution in [0.2, 0.25) is 0 Å². The number of hydrogen-bond donors (Lipinski definition) is 1. The summed E-state index contributed by atoms with van der Waals surface area (Å²) in [4.78, 5) is 12.3. The molecular formula is C16H29NO4. The van der Waals surface area contributed by atoms with E-state index in [1.807, 2.05) is 0 Å². The van der Waals surface area contributed by atoms with Crippen LogP contribution >= 0.6 is 0 Å². The van der Waals surface area contributed by atoms with E-state index in [-0.39, 0.29) is 5.97 Å². The number of nitrogens with one attached hydrogen (secondary N) is 1. The summed E-state index contributed by atoms with van der Waals surface area (Å²) in [6, 6.07) is 0.453. The van der Waals surface area contributed by atoms with Gasteiger partial charge in [0.25, 0.3) is 0 Å². The van der Waals surface area contributed by atoms with Gasteiger partial charge in [-0.05, 0) is 38.0 Å². The van der Waals surface area contributed by atoms with E-state index < -0.39 is 5.54 Å². The molecular weight excluding hydrogens is 270 g/mol. The lowest BCUT2D eigenvalue weighted by molar-refractivity contribution is -0.153. The second-order valence-electron chi connectivity index (χ2n) is 6.17. The molecule has 2 saturated carbocycles. The van der Waals surface area contributed by atoms with E-state index in [9.17, 15) is 4.79 Å². The average molecular weight is 299 g/mol. The van der Waals surface area contributed by atoms with Crippen LogP contribution in [-0.4, -0.2) is 51.1 Å². The molecule has 0 heterocycles. The summed E-state index contributed by atoms with van der Waals surface area (Å²) in [5.74, 6) is 0.176. The van der Waals surface area contributed by atoms with Crippen LogP contribution in [-0.2, 0) is 19.0 Å². The Morgan fingerprint density at radius 3 is 2.43 bits per heavy atom. The lowest BCUT2D eigenvalue weighted by Crippen LogP contribution is -2.59. The van der Waals surface area contributed by atoms with Gasteiger partial charge in [0.1, 0.15) is 5.54 Å². The number of rotatable bonds is 12. The lowest BCUT2D eigenvalue weighted by Gasteiger charge is -2.32. The number of hydrogen-bond acceptors (Lipinski definition) is 5. The van der Waals surface area contributed by atoms with Gasteiger partial charge in [-0.25, -0.2) is 4.79 Å².